The average Bonchev–Trinajstić information content (AvgIpc) is 2.69. The standard InChI is InChI=1S/C20H23N3O4/c1-2-27-19-11-10-15(14-18(19)23(25)26)20(24)21-16-8-4-5-9-17(16)22-12-6-3-7-13-22/h4-5,8-11,14H,2-3,6-7,12-13H2,1H3,(H,21,24). The van der Waals surface area contributed by atoms with Crippen LogP contribution < -0.4 is 15.0 Å². The molecule has 2 aromatic carbocycles. The van der Waals surface area contributed by atoms with E-state index in [-0.39, 0.29) is 22.9 Å². The summed E-state index contributed by atoms with van der Waals surface area (Å²) in [5.74, 6) is -0.224. The molecule has 0 saturated carbocycles. The minimum Gasteiger partial charge on any atom is -0.487 e. The molecule has 0 spiro atoms. The van der Waals surface area contributed by atoms with Gasteiger partial charge in [-0.15, -0.1) is 0 Å². The fourth-order valence-corrected chi connectivity index (χ4v) is 3.26. The molecule has 27 heavy (non-hydrogen) atoms. The highest BCUT2D eigenvalue weighted by atomic mass is 16.6. The first-order chi connectivity index (χ1) is 13.1. The third-order valence-corrected chi connectivity index (χ3v) is 4.57. The number of anilines is 2. The van der Waals surface area contributed by atoms with Gasteiger partial charge in [0.25, 0.3) is 5.91 Å². The highest BCUT2D eigenvalue weighted by molar-refractivity contribution is 6.06. The second kappa shape index (κ2) is 8.53. The van der Waals surface area contributed by atoms with Crippen molar-refractivity contribution >= 4 is 23.0 Å². The zero-order valence-electron chi connectivity index (χ0n) is 15.3. The number of carbonyl (C=O) groups excluding carboxylic acids is 1. The summed E-state index contributed by atoms with van der Waals surface area (Å²) < 4.78 is 5.27. The summed E-state index contributed by atoms with van der Waals surface area (Å²) in [6.07, 6.45) is 3.49. The van der Waals surface area contributed by atoms with E-state index in [0.29, 0.717) is 12.3 Å². The van der Waals surface area contributed by atoms with Crippen molar-refractivity contribution in [3.63, 3.8) is 0 Å². The van der Waals surface area contributed by atoms with E-state index in [4.69, 9.17) is 4.74 Å². The third-order valence-electron chi connectivity index (χ3n) is 4.57. The summed E-state index contributed by atoms with van der Waals surface area (Å²) in [7, 11) is 0. The van der Waals surface area contributed by atoms with Gasteiger partial charge in [0.15, 0.2) is 5.75 Å². The first kappa shape index (κ1) is 18.7. The van der Waals surface area contributed by atoms with E-state index in [1.54, 1.807) is 6.92 Å². The molecule has 1 heterocycles. The number of nitrogens with one attached hydrogen (secondary N) is 1. The zero-order chi connectivity index (χ0) is 19.2. The molecule has 0 atom stereocenters. The van der Waals surface area contributed by atoms with E-state index in [0.717, 1.165) is 31.6 Å². The van der Waals surface area contributed by atoms with Crippen LogP contribution >= 0.6 is 0 Å². The molecule has 0 unspecified atom stereocenters. The summed E-state index contributed by atoms with van der Waals surface area (Å²) in [5.41, 5.74) is 1.69. The molecule has 0 bridgehead atoms. The second-order valence-corrected chi connectivity index (χ2v) is 6.39. The van der Waals surface area contributed by atoms with E-state index in [1.165, 1.54) is 24.6 Å². The van der Waals surface area contributed by atoms with Gasteiger partial charge in [-0.25, -0.2) is 0 Å². The SMILES string of the molecule is CCOc1ccc(C(=O)Nc2ccccc2N2CCCCC2)cc1[N+](=O)[O-]. The van der Waals surface area contributed by atoms with Crippen LogP contribution in [0.3, 0.4) is 0 Å². The van der Waals surface area contributed by atoms with Gasteiger partial charge in [-0.05, 0) is 50.5 Å². The molecule has 1 aliphatic heterocycles. The molecule has 7 heteroatoms. The van der Waals surface area contributed by atoms with Gasteiger partial charge in [-0.3, -0.25) is 14.9 Å². The lowest BCUT2D eigenvalue weighted by Gasteiger charge is -2.30. The van der Waals surface area contributed by atoms with Crippen molar-refractivity contribution < 1.29 is 14.5 Å². The van der Waals surface area contributed by atoms with Crippen LogP contribution in [-0.4, -0.2) is 30.5 Å². The fraction of sp³-hybridized carbons (Fsp3) is 0.350. The van der Waals surface area contributed by atoms with Crippen molar-refractivity contribution in [1.29, 1.82) is 0 Å². The quantitative estimate of drug-likeness (QED) is 0.608. The van der Waals surface area contributed by atoms with E-state index in [1.807, 2.05) is 24.3 Å². The van der Waals surface area contributed by atoms with Crippen molar-refractivity contribution in [2.45, 2.75) is 26.2 Å². The van der Waals surface area contributed by atoms with Crippen LogP contribution in [0.2, 0.25) is 0 Å². The van der Waals surface area contributed by atoms with Crippen LogP contribution in [0.1, 0.15) is 36.5 Å². The predicted octanol–water partition coefficient (Wildman–Crippen LogP) is 4.24. The zero-order valence-corrected chi connectivity index (χ0v) is 15.3. The molecule has 1 amide bonds. The molecule has 1 N–H and O–H groups in total. The number of nitro benzene ring substituents is 1. The van der Waals surface area contributed by atoms with Crippen molar-refractivity contribution in [3.05, 3.63) is 58.1 Å². The Kier molecular flexibility index (Phi) is 5.90. The Morgan fingerprint density at radius 1 is 1.19 bits per heavy atom. The summed E-state index contributed by atoms with van der Waals surface area (Å²) in [5, 5.41) is 14.2. The first-order valence-electron chi connectivity index (χ1n) is 9.16. The number of nitro groups is 1. The Hall–Kier alpha value is -3.09. The van der Waals surface area contributed by atoms with Crippen LogP contribution in [0.25, 0.3) is 0 Å². The second-order valence-electron chi connectivity index (χ2n) is 6.39. The predicted molar refractivity (Wildman–Crippen MR) is 105 cm³/mol. The van der Waals surface area contributed by atoms with Crippen molar-refractivity contribution in [2.75, 3.05) is 29.9 Å². The van der Waals surface area contributed by atoms with Gasteiger partial charge in [0.05, 0.1) is 22.9 Å². The molecule has 0 aliphatic carbocycles. The highest BCUT2D eigenvalue weighted by Crippen LogP contribution is 2.31. The number of ether oxygens (including phenoxy) is 1. The Balaban J connectivity index is 1.84. The van der Waals surface area contributed by atoms with Crippen LogP contribution in [-0.2, 0) is 0 Å². The topological polar surface area (TPSA) is 84.7 Å². The highest BCUT2D eigenvalue weighted by Gasteiger charge is 2.20. The number of piperidine rings is 1. The maximum Gasteiger partial charge on any atom is 0.311 e. The Bertz CT molecular complexity index is 832. The van der Waals surface area contributed by atoms with Gasteiger partial charge in [0.1, 0.15) is 0 Å². The Labute approximate surface area is 158 Å². The van der Waals surface area contributed by atoms with E-state index >= 15 is 0 Å². The Morgan fingerprint density at radius 3 is 2.63 bits per heavy atom. The molecule has 7 nitrogen and oxygen atoms in total. The number of para-hydroxylation sites is 2. The van der Waals surface area contributed by atoms with Gasteiger partial charge in [0.2, 0.25) is 0 Å². The van der Waals surface area contributed by atoms with Crippen LogP contribution in [0.5, 0.6) is 5.75 Å². The molecule has 0 aromatic heterocycles. The molecule has 0 radical (unpaired) electrons. The van der Waals surface area contributed by atoms with Gasteiger partial charge >= 0.3 is 5.69 Å². The number of nitrogens with zero attached hydrogens (tertiary/aromatic N) is 2. The Morgan fingerprint density at radius 2 is 1.93 bits per heavy atom. The molecule has 3 rings (SSSR count). The summed E-state index contributed by atoms with van der Waals surface area (Å²) in [6, 6.07) is 11.9. The lowest BCUT2D eigenvalue weighted by Crippen LogP contribution is -2.30. The summed E-state index contributed by atoms with van der Waals surface area (Å²) in [4.78, 5) is 25.7. The summed E-state index contributed by atoms with van der Waals surface area (Å²) >= 11 is 0. The number of rotatable bonds is 6. The minimum atomic E-state index is -0.538. The molecular formula is C20H23N3O4. The smallest absolute Gasteiger partial charge is 0.311 e. The minimum absolute atomic E-state index is 0.160. The van der Waals surface area contributed by atoms with Gasteiger partial charge < -0.3 is 15.0 Å². The average molecular weight is 369 g/mol. The first-order valence-corrected chi connectivity index (χ1v) is 9.16. The van der Waals surface area contributed by atoms with Gasteiger partial charge in [0, 0.05) is 24.7 Å². The van der Waals surface area contributed by atoms with Gasteiger partial charge in [-0.1, -0.05) is 12.1 Å². The maximum atomic E-state index is 12.7. The fourth-order valence-electron chi connectivity index (χ4n) is 3.26. The lowest BCUT2D eigenvalue weighted by molar-refractivity contribution is -0.385. The third kappa shape index (κ3) is 4.36. The number of benzene rings is 2. The number of amides is 1. The number of hydrogen-bond acceptors (Lipinski definition) is 5. The summed E-state index contributed by atoms with van der Waals surface area (Å²) in [6.45, 7) is 3.99. The van der Waals surface area contributed by atoms with Gasteiger partial charge in [-0.2, -0.15) is 0 Å². The van der Waals surface area contributed by atoms with Crippen molar-refractivity contribution in [3.8, 4) is 5.75 Å². The molecule has 2 aromatic rings. The van der Waals surface area contributed by atoms with Crippen LogP contribution in [0, 0.1) is 10.1 Å². The molecule has 1 fully saturated rings. The van der Waals surface area contributed by atoms with E-state index in [2.05, 4.69) is 10.2 Å². The molecule has 1 aliphatic rings. The normalized spacial score (nSPS) is 13.9. The monoisotopic (exact) mass is 369 g/mol. The number of carbonyl (C=O) groups is 1. The molecule has 142 valence electrons. The largest absolute Gasteiger partial charge is 0.487 e. The number of hydrogen-bond donors (Lipinski definition) is 1. The maximum absolute atomic E-state index is 12.7. The van der Waals surface area contributed by atoms with Crippen molar-refractivity contribution in [1.82, 2.24) is 0 Å². The van der Waals surface area contributed by atoms with Crippen molar-refractivity contribution in [2.24, 2.45) is 0 Å². The van der Waals surface area contributed by atoms with E-state index < -0.39 is 4.92 Å². The van der Waals surface area contributed by atoms with Crippen LogP contribution in [0.15, 0.2) is 42.5 Å². The van der Waals surface area contributed by atoms with Crippen LogP contribution in [0.4, 0.5) is 17.1 Å². The molecule has 1 saturated heterocycles. The van der Waals surface area contributed by atoms with E-state index in [9.17, 15) is 14.9 Å². The molecular weight excluding hydrogens is 346 g/mol. The lowest BCUT2D eigenvalue weighted by atomic mass is 10.1.